The molecule has 122 valence electrons. The van der Waals surface area contributed by atoms with Crippen LogP contribution in [0.1, 0.15) is 12.7 Å². The van der Waals surface area contributed by atoms with Crippen molar-refractivity contribution >= 4 is 6.03 Å². The number of rotatable bonds is 5. The molecule has 2 aromatic rings. The third-order valence-corrected chi connectivity index (χ3v) is 3.52. The molecule has 0 unspecified atom stereocenters. The molecule has 0 radical (unpaired) electrons. The lowest BCUT2D eigenvalue weighted by molar-refractivity contribution is 0.0917. The van der Waals surface area contributed by atoms with Crippen LogP contribution in [0, 0.1) is 0 Å². The Kier molecular flexibility index (Phi) is 4.71. The monoisotopic (exact) mass is 316 g/mol. The van der Waals surface area contributed by atoms with Crippen molar-refractivity contribution in [1.82, 2.24) is 10.6 Å². The lowest BCUT2D eigenvalue weighted by Gasteiger charge is -2.26. The minimum Gasteiger partial charge on any atom is -0.486 e. The zero-order valence-corrected chi connectivity index (χ0v) is 13.0. The summed E-state index contributed by atoms with van der Waals surface area (Å²) in [4.78, 5) is 11.9. The van der Waals surface area contributed by atoms with Crippen LogP contribution in [0.2, 0.25) is 0 Å². The third-order valence-electron chi connectivity index (χ3n) is 3.52. The van der Waals surface area contributed by atoms with Crippen molar-refractivity contribution in [3.63, 3.8) is 0 Å². The van der Waals surface area contributed by atoms with E-state index in [9.17, 15) is 4.79 Å². The van der Waals surface area contributed by atoms with Gasteiger partial charge in [0.25, 0.3) is 0 Å². The summed E-state index contributed by atoms with van der Waals surface area (Å²) in [5.74, 6) is 2.29. The minimum absolute atomic E-state index is 0.0228. The molecule has 2 atom stereocenters. The molecule has 1 aliphatic heterocycles. The fourth-order valence-corrected chi connectivity index (χ4v) is 2.43. The highest BCUT2D eigenvalue weighted by Gasteiger charge is 2.21. The van der Waals surface area contributed by atoms with Crippen LogP contribution in [0.5, 0.6) is 11.5 Å². The van der Waals surface area contributed by atoms with E-state index in [1.165, 1.54) is 0 Å². The van der Waals surface area contributed by atoms with Crippen molar-refractivity contribution in [1.29, 1.82) is 0 Å². The number of carbonyl (C=O) groups excluding carboxylic acids is 1. The predicted octanol–water partition coefficient (Wildman–Crippen LogP) is 2.35. The van der Waals surface area contributed by atoms with Crippen LogP contribution in [-0.2, 0) is 6.42 Å². The van der Waals surface area contributed by atoms with Crippen LogP contribution >= 0.6 is 0 Å². The van der Waals surface area contributed by atoms with E-state index in [4.69, 9.17) is 13.9 Å². The molecule has 1 aromatic heterocycles. The van der Waals surface area contributed by atoms with E-state index < -0.39 is 0 Å². The van der Waals surface area contributed by atoms with Gasteiger partial charge >= 0.3 is 6.03 Å². The third kappa shape index (κ3) is 4.18. The second kappa shape index (κ2) is 7.09. The van der Waals surface area contributed by atoms with Crippen molar-refractivity contribution in [2.75, 3.05) is 13.2 Å². The van der Waals surface area contributed by atoms with E-state index in [1.807, 2.05) is 43.3 Å². The van der Waals surface area contributed by atoms with Gasteiger partial charge < -0.3 is 24.5 Å². The Bertz CT molecular complexity index is 642. The van der Waals surface area contributed by atoms with Gasteiger partial charge in [0.05, 0.1) is 12.8 Å². The van der Waals surface area contributed by atoms with Crippen molar-refractivity contribution < 1.29 is 18.7 Å². The number of para-hydroxylation sites is 2. The van der Waals surface area contributed by atoms with Crippen molar-refractivity contribution in [3.8, 4) is 11.5 Å². The molecule has 1 aromatic carbocycles. The molecule has 0 spiro atoms. The van der Waals surface area contributed by atoms with Crippen LogP contribution in [0.25, 0.3) is 0 Å². The Morgan fingerprint density at radius 2 is 2.09 bits per heavy atom. The molecule has 1 aliphatic rings. The van der Waals surface area contributed by atoms with Crippen LogP contribution in [-0.4, -0.2) is 31.3 Å². The van der Waals surface area contributed by atoms with Crippen molar-refractivity contribution in [2.24, 2.45) is 0 Å². The summed E-state index contributed by atoms with van der Waals surface area (Å²) in [6.45, 7) is 2.73. The number of benzene rings is 1. The molecular formula is C17H20N2O4. The van der Waals surface area contributed by atoms with E-state index in [2.05, 4.69) is 10.6 Å². The number of nitrogens with one attached hydrogen (secondary N) is 2. The van der Waals surface area contributed by atoms with Crippen LogP contribution < -0.4 is 20.1 Å². The number of amides is 2. The number of urea groups is 1. The number of hydrogen-bond acceptors (Lipinski definition) is 4. The molecule has 2 N–H and O–H groups in total. The molecule has 3 rings (SSSR count). The highest BCUT2D eigenvalue weighted by atomic mass is 16.6. The summed E-state index contributed by atoms with van der Waals surface area (Å²) in [5.41, 5.74) is 0. The van der Waals surface area contributed by atoms with Gasteiger partial charge in [-0.1, -0.05) is 12.1 Å². The first-order valence-corrected chi connectivity index (χ1v) is 7.66. The molecule has 2 amide bonds. The zero-order chi connectivity index (χ0) is 16.1. The summed E-state index contributed by atoms with van der Waals surface area (Å²) in [6.07, 6.45) is 2.08. The van der Waals surface area contributed by atoms with E-state index >= 15 is 0 Å². The summed E-state index contributed by atoms with van der Waals surface area (Å²) < 4.78 is 16.7. The Labute approximate surface area is 134 Å². The Morgan fingerprint density at radius 1 is 1.26 bits per heavy atom. The Hall–Kier alpha value is -2.63. The average molecular weight is 316 g/mol. The van der Waals surface area contributed by atoms with Gasteiger partial charge in [-0.25, -0.2) is 4.79 Å². The van der Waals surface area contributed by atoms with E-state index in [1.54, 1.807) is 6.26 Å². The van der Waals surface area contributed by atoms with Crippen LogP contribution in [0.4, 0.5) is 4.79 Å². The first-order chi connectivity index (χ1) is 11.2. The van der Waals surface area contributed by atoms with Gasteiger partial charge in [0.1, 0.15) is 12.4 Å². The van der Waals surface area contributed by atoms with Gasteiger partial charge in [-0.3, -0.25) is 0 Å². The molecule has 0 bridgehead atoms. The van der Waals surface area contributed by atoms with E-state index in [-0.39, 0.29) is 18.2 Å². The normalized spacial score (nSPS) is 17.3. The maximum Gasteiger partial charge on any atom is 0.315 e. The quantitative estimate of drug-likeness (QED) is 0.888. The van der Waals surface area contributed by atoms with E-state index in [0.717, 1.165) is 11.5 Å². The van der Waals surface area contributed by atoms with Gasteiger partial charge in [-0.15, -0.1) is 0 Å². The van der Waals surface area contributed by atoms with Gasteiger partial charge in [0.15, 0.2) is 17.6 Å². The number of carbonyl (C=O) groups is 1. The largest absolute Gasteiger partial charge is 0.486 e. The first kappa shape index (κ1) is 15.3. The SMILES string of the molecule is C[C@H](Cc1ccco1)NC(=O)NC[C@@H]1COc2ccccc2O1. The second-order valence-corrected chi connectivity index (χ2v) is 5.54. The maximum atomic E-state index is 11.9. The molecule has 23 heavy (non-hydrogen) atoms. The minimum atomic E-state index is -0.230. The van der Waals surface area contributed by atoms with Crippen LogP contribution in [0.3, 0.4) is 0 Å². The van der Waals surface area contributed by atoms with Gasteiger partial charge in [-0.05, 0) is 31.2 Å². The molecule has 6 nitrogen and oxygen atoms in total. The average Bonchev–Trinajstić information content (AvgIpc) is 3.05. The van der Waals surface area contributed by atoms with Gasteiger partial charge in [0, 0.05) is 12.5 Å². The number of fused-ring (bicyclic) bond motifs is 1. The summed E-state index contributed by atoms with van der Waals surface area (Å²) in [5, 5.41) is 5.68. The highest BCUT2D eigenvalue weighted by molar-refractivity contribution is 5.74. The van der Waals surface area contributed by atoms with E-state index in [0.29, 0.717) is 25.3 Å². The number of ether oxygens (including phenoxy) is 2. The fourth-order valence-electron chi connectivity index (χ4n) is 2.43. The Morgan fingerprint density at radius 3 is 2.87 bits per heavy atom. The lowest BCUT2D eigenvalue weighted by Crippen LogP contribution is -2.47. The van der Waals surface area contributed by atoms with Gasteiger partial charge in [-0.2, -0.15) is 0 Å². The fraction of sp³-hybridized carbons (Fsp3) is 0.353. The number of furan rings is 1. The molecule has 6 heteroatoms. The molecule has 0 aliphatic carbocycles. The molecule has 0 saturated carbocycles. The van der Waals surface area contributed by atoms with Crippen LogP contribution in [0.15, 0.2) is 47.1 Å². The molecule has 2 heterocycles. The van der Waals surface area contributed by atoms with Crippen molar-refractivity contribution in [2.45, 2.75) is 25.5 Å². The predicted molar refractivity (Wildman–Crippen MR) is 84.8 cm³/mol. The number of hydrogen-bond donors (Lipinski definition) is 2. The standard InChI is InChI=1S/C17H20N2O4/c1-12(9-13-5-4-8-21-13)19-17(20)18-10-14-11-22-15-6-2-3-7-16(15)23-14/h2-8,12,14H,9-11H2,1H3,(H2,18,19,20)/t12-,14-/m1/s1. The highest BCUT2D eigenvalue weighted by Crippen LogP contribution is 2.30. The zero-order valence-electron chi connectivity index (χ0n) is 13.0. The smallest absolute Gasteiger partial charge is 0.315 e. The maximum absolute atomic E-state index is 11.9. The lowest BCUT2D eigenvalue weighted by atomic mass is 10.2. The molecule has 0 fully saturated rings. The van der Waals surface area contributed by atoms with Crippen molar-refractivity contribution in [3.05, 3.63) is 48.4 Å². The molecular weight excluding hydrogens is 296 g/mol. The molecule has 0 saturated heterocycles. The topological polar surface area (TPSA) is 72.7 Å². The summed E-state index contributed by atoms with van der Waals surface area (Å²) in [6, 6.07) is 11.0. The Balaban J connectivity index is 1.41. The summed E-state index contributed by atoms with van der Waals surface area (Å²) >= 11 is 0. The first-order valence-electron chi connectivity index (χ1n) is 7.66. The summed E-state index contributed by atoms with van der Waals surface area (Å²) in [7, 11) is 0. The van der Waals surface area contributed by atoms with Gasteiger partial charge in [0.2, 0.25) is 0 Å². The second-order valence-electron chi connectivity index (χ2n) is 5.54.